The standard InChI is InChI=1S/C11H11ClO2/c1-3-4-8-5-6-9(12)7-10(8)11(13)14-2/h3,5-7H,1,4H2,2H3. The van der Waals surface area contributed by atoms with Crippen molar-refractivity contribution < 1.29 is 9.53 Å². The summed E-state index contributed by atoms with van der Waals surface area (Å²) in [5.41, 5.74) is 1.37. The molecule has 0 fully saturated rings. The molecule has 0 unspecified atom stereocenters. The molecule has 0 saturated carbocycles. The molecule has 0 amide bonds. The fraction of sp³-hybridized carbons (Fsp3) is 0.182. The van der Waals surface area contributed by atoms with E-state index in [1.807, 2.05) is 0 Å². The van der Waals surface area contributed by atoms with Gasteiger partial charge in [-0.25, -0.2) is 4.79 Å². The number of hydrogen-bond acceptors (Lipinski definition) is 2. The van der Waals surface area contributed by atoms with Crippen LogP contribution in [0.25, 0.3) is 0 Å². The molecule has 0 aliphatic rings. The molecule has 74 valence electrons. The van der Waals surface area contributed by atoms with Crippen molar-refractivity contribution in [2.75, 3.05) is 7.11 Å². The lowest BCUT2D eigenvalue weighted by atomic mass is 10.0. The number of allylic oxidation sites excluding steroid dienone is 1. The molecule has 0 heterocycles. The Hall–Kier alpha value is -1.28. The van der Waals surface area contributed by atoms with E-state index in [0.717, 1.165) is 5.56 Å². The Morgan fingerprint density at radius 2 is 2.36 bits per heavy atom. The topological polar surface area (TPSA) is 26.3 Å². The van der Waals surface area contributed by atoms with E-state index in [1.54, 1.807) is 24.3 Å². The summed E-state index contributed by atoms with van der Waals surface area (Å²) < 4.78 is 4.65. The van der Waals surface area contributed by atoms with Gasteiger partial charge >= 0.3 is 5.97 Å². The minimum Gasteiger partial charge on any atom is -0.465 e. The van der Waals surface area contributed by atoms with Gasteiger partial charge in [0.25, 0.3) is 0 Å². The van der Waals surface area contributed by atoms with E-state index in [0.29, 0.717) is 17.0 Å². The fourth-order valence-corrected chi connectivity index (χ4v) is 1.35. The third-order valence-electron chi connectivity index (χ3n) is 1.84. The molecule has 0 N–H and O–H groups in total. The predicted molar refractivity (Wildman–Crippen MR) is 56.7 cm³/mol. The van der Waals surface area contributed by atoms with Crippen molar-refractivity contribution in [2.45, 2.75) is 6.42 Å². The first-order valence-electron chi connectivity index (χ1n) is 4.16. The van der Waals surface area contributed by atoms with Crippen LogP contribution < -0.4 is 0 Å². The number of methoxy groups -OCH3 is 1. The van der Waals surface area contributed by atoms with Gasteiger partial charge in [0.2, 0.25) is 0 Å². The minimum absolute atomic E-state index is 0.371. The summed E-state index contributed by atoms with van der Waals surface area (Å²) >= 11 is 5.78. The zero-order chi connectivity index (χ0) is 10.6. The average Bonchev–Trinajstić information content (AvgIpc) is 2.20. The summed E-state index contributed by atoms with van der Waals surface area (Å²) in [6, 6.07) is 5.15. The maximum Gasteiger partial charge on any atom is 0.338 e. The molecule has 0 aromatic heterocycles. The predicted octanol–water partition coefficient (Wildman–Crippen LogP) is 2.86. The van der Waals surface area contributed by atoms with Gasteiger partial charge in [0.15, 0.2) is 0 Å². The molecule has 0 saturated heterocycles. The second kappa shape index (κ2) is 4.82. The van der Waals surface area contributed by atoms with Crippen LogP contribution in [0.3, 0.4) is 0 Å². The number of benzene rings is 1. The zero-order valence-corrected chi connectivity index (χ0v) is 8.67. The Labute approximate surface area is 88.1 Å². The molecule has 0 bridgehead atoms. The third kappa shape index (κ3) is 2.36. The van der Waals surface area contributed by atoms with Gasteiger partial charge in [0.1, 0.15) is 0 Å². The van der Waals surface area contributed by atoms with Crippen LogP contribution in [0, 0.1) is 0 Å². The Bertz CT molecular complexity index is 358. The van der Waals surface area contributed by atoms with Gasteiger partial charge in [-0.3, -0.25) is 0 Å². The Kier molecular flexibility index (Phi) is 3.72. The van der Waals surface area contributed by atoms with Gasteiger partial charge < -0.3 is 4.74 Å². The smallest absolute Gasteiger partial charge is 0.338 e. The average molecular weight is 211 g/mol. The highest BCUT2D eigenvalue weighted by molar-refractivity contribution is 6.31. The van der Waals surface area contributed by atoms with Crippen LogP contribution in [0.15, 0.2) is 30.9 Å². The third-order valence-corrected chi connectivity index (χ3v) is 2.08. The lowest BCUT2D eigenvalue weighted by Gasteiger charge is -2.05. The summed E-state index contributed by atoms with van der Waals surface area (Å²) in [7, 11) is 1.35. The first-order valence-corrected chi connectivity index (χ1v) is 4.54. The highest BCUT2D eigenvalue weighted by atomic mass is 35.5. The van der Waals surface area contributed by atoms with Crippen LogP contribution in [-0.4, -0.2) is 13.1 Å². The Morgan fingerprint density at radius 3 is 2.93 bits per heavy atom. The second-order valence-corrected chi connectivity index (χ2v) is 3.22. The number of ether oxygens (including phenoxy) is 1. The van der Waals surface area contributed by atoms with E-state index >= 15 is 0 Å². The van der Waals surface area contributed by atoms with Crippen molar-refractivity contribution in [3.63, 3.8) is 0 Å². The normalized spacial score (nSPS) is 9.57. The van der Waals surface area contributed by atoms with Crippen LogP contribution in [0.1, 0.15) is 15.9 Å². The maximum absolute atomic E-state index is 11.3. The van der Waals surface area contributed by atoms with Gasteiger partial charge in [0.05, 0.1) is 12.7 Å². The van der Waals surface area contributed by atoms with Gasteiger partial charge in [-0.2, -0.15) is 0 Å². The molecule has 0 radical (unpaired) electrons. The Balaban J connectivity index is 3.14. The Morgan fingerprint density at radius 1 is 1.64 bits per heavy atom. The molecular formula is C11H11ClO2. The minimum atomic E-state index is -0.371. The highest BCUT2D eigenvalue weighted by Crippen LogP contribution is 2.17. The van der Waals surface area contributed by atoms with Crippen molar-refractivity contribution in [3.8, 4) is 0 Å². The number of halogens is 1. The second-order valence-electron chi connectivity index (χ2n) is 2.79. The number of carbonyl (C=O) groups is 1. The molecule has 1 aromatic carbocycles. The van der Waals surface area contributed by atoms with E-state index in [9.17, 15) is 4.79 Å². The van der Waals surface area contributed by atoms with E-state index in [1.165, 1.54) is 7.11 Å². The van der Waals surface area contributed by atoms with Crippen molar-refractivity contribution in [1.82, 2.24) is 0 Å². The van der Waals surface area contributed by atoms with Crippen LogP contribution in [-0.2, 0) is 11.2 Å². The van der Waals surface area contributed by atoms with Gasteiger partial charge in [0, 0.05) is 5.02 Å². The molecular weight excluding hydrogens is 200 g/mol. The zero-order valence-electron chi connectivity index (χ0n) is 7.92. The molecule has 0 aliphatic heterocycles. The monoisotopic (exact) mass is 210 g/mol. The first kappa shape index (κ1) is 10.8. The number of carbonyl (C=O) groups excluding carboxylic acids is 1. The highest BCUT2D eigenvalue weighted by Gasteiger charge is 2.10. The number of rotatable bonds is 3. The summed E-state index contributed by atoms with van der Waals surface area (Å²) in [6.07, 6.45) is 2.36. The maximum atomic E-state index is 11.3. The van der Waals surface area contributed by atoms with E-state index in [-0.39, 0.29) is 5.97 Å². The molecule has 0 atom stereocenters. The lowest BCUT2D eigenvalue weighted by molar-refractivity contribution is 0.0599. The van der Waals surface area contributed by atoms with Gasteiger partial charge in [-0.05, 0) is 24.1 Å². The number of esters is 1. The van der Waals surface area contributed by atoms with E-state index < -0.39 is 0 Å². The summed E-state index contributed by atoms with van der Waals surface area (Å²) in [5.74, 6) is -0.371. The van der Waals surface area contributed by atoms with Crippen molar-refractivity contribution >= 4 is 17.6 Å². The van der Waals surface area contributed by atoms with Gasteiger partial charge in [-0.1, -0.05) is 23.7 Å². The van der Waals surface area contributed by atoms with Crippen LogP contribution in [0.5, 0.6) is 0 Å². The summed E-state index contributed by atoms with van der Waals surface area (Å²) in [6.45, 7) is 3.62. The van der Waals surface area contributed by atoms with Crippen LogP contribution in [0.2, 0.25) is 5.02 Å². The largest absolute Gasteiger partial charge is 0.465 e. The van der Waals surface area contributed by atoms with E-state index in [2.05, 4.69) is 11.3 Å². The summed E-state index contributed by atoms with van der Waals surface area (Å²) in [4.78, 5) is 11.3. The molecule has 1 aromatic rings. The van der Waals surface area contributed by atoms with Crippen molar-refractivity contribution in [1.29, 1.82) is 0 Å². The van der Waals surface area contributed by atoms with Gasteiger partial charge in [-0.15, -0.1) is 6.58 Å². The number of hydrogen-bond donors (Lipinski definition) is 0. The molecule has 14 heavy (non-hydrogen) atoms. The van der Waals surface area contributed by atoms with E-state index in [4.69, 9.17) is 11.6 Å². The molecule has 0 aliphatic carbocycles. The first-order chi connectivity index (χ1) is 6.69. The summed E-state index contributed by atoms with van der Waals surface area (Å²) in [5, 5.41) is 0.526. The lowest BCUT2D eigenvalue weighted by Crippen LogP contribution is -2.05. The van der Waals surface area contributed by atoms with Crippen molar-refractivity contribution in [3.05, 3.63) is 47.0 Å². The van der Waals surface area contributed by atoms with Crippen LogP contribution in [0.4, 0.5) is 0 Å². The SMILES string of the molecule is C=CCc1ccc(Cl)cc1C(=O)OC. The molecule has 0 spiro atoms. The molecule has 2 nitrogen and oxygen atoms in total. The fourth-order valence-electron chi connectivity index (χ4n) is 1.18. The van der Waals surface area contributed by atoms with Crippen molar-refractivity contribution in [2.24, 2.45) is 0 Å². The van der Waals surface area contributed by atoms with Crippen LogP contribution >= 0.6 is 11.6 Å². The molecule has 1 rings (SSSR count). The molecule has 3 heteroatoms. The quantitative estimate of drug-likeness (QED) is 0.567.